The summed E-state index contributed by atoms with van der Waals surface area (Å²) in [5, 5.41) is 0. The van der Waals surface area contributed by atoms with E-state index in [4.69, 9.17) is 0 Å². The van der Waals surface area contributed by atoms with Crippen LogP contribution >= 0.6 is 11.8 Å². The lowest BCUT2D eigenvalue weighted by Crippen LogP contribution is -2.49. The van der Waals surface area contributed by atoms with E-state index in [9.17, 15) is 13.2 Å². The van der Waals surface area contributed by atoms with Gasteiger partial charge in [-0.15, -0.1) is 11.8 Å². The van der Waals surface area contributed by atoms with Gasteiger partial charge < -0.3 is 4.90 Å². The predicted molar refractivity (Wildman–Crippen MR) is 98.8 cm³/mol. The van der Waals surface area contributed by atoms with E-state index >= 15 is 0 Å². The highest BCUT2D eigenvalue weighted by Gasteiger charge is 2.27. The summed E-state index contributed by atoms with van der Waals surface area (Å²) in [6.07, 6.45) is 4.01. The van der Waals surface area contributed by atoms with Crippen molar-refractivity contribution in [3.05, 3.63) is 29.3 Å². The maximum atomic E-state index is 12.6. The molecule has 1 atom stereocenters. The molecule has 1 fully saturated rings. The lowest BCUT2D eigenvalue weighted by atomic mass is 10.0. The molecular weight excluding hydrogens is 344 g/mol. The molecule has 2 rings (SSSR count). The summed E-state index contributed by atoms with van der Waals surface area (Å²) in [4.78, 5) is 15.6. The Morgan fingerprint density at radius 1 is 1.33 bits per heavy atom. The molecule has 1 aliphatic heterocycles. The molecule has 0 bridgehead atoms. The van der Waals surface area contributed by atoms with Crippen molar-refractivity contribution < 1.29 is 13.2 Å². The molecule has 1 aromatic carbocycles. The van der Waals surface area contributed by atoms with Crippen molar-refractivity contribution in [2.24, 2.45) is 0 Å². The summed E-state index contributed by atoms with van der Waals surface area (Å²) in [5.41, 5.74) is 2.36. The zero-order valence-electron chi connectivity index (χ0n) is 14.5. The highest BCUT2D eigenvalue weighted by atomic mass is 32.2. The molecule has 1 N–H and O–H groups in total. The van der Waals surface area contributed by atoms with Gasteiger partial charge in [-0.1, -0.05) is 17.7 Å². The quantitative estimate of drug-likeness (QED) is 0.781. The molecule has 5 nitrogen and oxygen atoms in total. The zero-order valence-corrected chi connectivity index (χ0v) is 16.2. The molecular formula is C17H26N2O3S2. The number of aryl methyl sites for hydroxylation is 2. The summed E-state index contributed by atoms with van der Waals surface area (Å²) in [7, 11) is -3.23. The first-order valence-electron chi connectivity index (χ1n) is 8.20. The largest absolute Gasteiger partial charge is 0.338 e. The maximum absolute atomic E-state index is 12.6. The average Bonchev–Trinajstić information content (AvgIpc) is 2.53. The molecule has 1 saturated heterocycles. The molecule has 0 aromatic heterocycles. The number of amides is 1. The molecule has 7 heteroatoms. The van der Waals surface area contributed by atoms with Gasteiger partial charge in [0.1, 0.15) is 0 Å². The summed E-state index contributed by atoms with van der Waals surface area (Å²) in [5.74, 6) is 0.473. The molecule has 1 unspecified atom stereocenters. The number of nitrogens with zero attached hydrogens (tertiary/aromatic N) is 1. The summed E-state index contributed by atoms with van der Waals surface area (Å²) in [6, 6.07) is 6.20. The Hall–Kier alpha value is -1.05. The number of piperidine rings is 1. The van der Waals surface area contributed by atoms with E-state index in [0.717, 1.165) is 30.4 Å². The van der Waals surface area contributed by atoms with Crippen LogP contribution in [-0.4, -0.2) is 50.4 Å². The number of hydrogen-bond acceptors (Lipinski definition) is 4. The van der Waals surface area contributed by atoms with Gasteiger partial charge in [-0.3, -0.25) is 4.79 Å². The molecule has 1 aliphatic rings. The monoisotopic (exact) mass is 370 g/mol. The Labute approximate surface area is 149 Å². The smallest absolute Gasteiger partial charge is 0.233 e. The molecule has 1 aromatic rings. The van der Waals surface area contributed by atoms with E-state index in [-0.39, 0.29) is 11.9 Å². The molecule has 1 amide bonds. The van der Waals surface area contributed by atoms with Gasteiger partial charge >= 0.3 is 0 Å². The Morgan fingerprint density at radius 3 is 2.79 bits per heavy atom. The lowest BCUT2D eigenvalue weighted by molar-refractivity contribution is -0.131. The van der Waals surface area contributed by atoms with E-state index in [1.807, 2.05) is 18.7 Å². The fraction of sp³-hybridized carbons (Fsp3) is 0.588. The molecule has 0 aliphatic carbocycles. The minimum atomic E-state index is -3.23. The Balaban J connectivity index is 1.96. The maximum Gasteiger partial charge on any atom is 0.233 e. The van der Waals surface area contributed by atoms with Crippen molar-refractivity contribution in [1.29, 1.82) is 0 Å². The fourth-order valence-corrected chi connectivity index (χ4v) is 4.38. The van der Waals surface area contributed by atoms with E-state index in [0.29, 0.717) is 18.8 Å². The van der Waals surface area contributed by atoms with E-state index < -0.39 is 10.0 Å². The van der Waals surface area contributed by atoms with Crippen LogP contribution in [0.3, 0.4) is 0 Å². The first kappa shape index (κ1) is 19.3. The van der Waals surface area contributed by atoms with E-state index in [1.54, 1.807) is 11.8 Å². The van der Waals surface area contributed by atoms with Crippen LogP contribution in [0.2, 0.25) is 0 Å². The average molecular weight is 371 g/mol. The third kappa shape index (κ3) is 5.79. The van der Waals surface area contributed by atoms with E-state index in [2.05, 4.69) is 22.9 Å². The topological polar surface area (TPSA) is 66.5 Å². The number of hydrogen-bond donors (Lipinski definition) is 1. The number of likely N-dealkylation sites (tertiary alicyclic amines) is 1. The lowest BCUT2D eigenvalue weighted by Gasteiger charge is -2.35. The highest BCUT2D eigenvalue weighted by molar-refractivity contribution is 8.00. The number of sulfonamides is 1. The number of nitrogens with one attached hydrogen (secondary N) is 1. The van der Waals surface area contributed by atoms with Crippen molar-refractivity contribution in [3.63, 3.8) is 0 Å². The van der Waals surface area contributed by atoms with Gasteiger partial charge in [-0.2, -0.15) is 0 Å². The van der Waals surface area contributed by atoms with Gasteiger partial charge in [0.15, 0.2) is 0 Å². The summed E-state index contributed by atoms with van der Waals surface area (Å²) < 4.78 is 25.2. The second-order valence-electron chi connectivity index (χ2n) is 6.41. The number of carbonyl (C=O) groups is 1. The van der Waals surface area contributed by atoms with Crippen LogP contribution in [0, 0.1) is 13.8 Å². The van der Waals surface area contributed by atoms with Crippen LogP contribution in [0.25, 0.3) is 0 Å². The first-order valence-corrected chi connectivity index (χ1v) is 11.1. The van der Waals surface area contributed by atoms with Crippen LogP contribution in [0.1, 0.15) is 30.4 Å². The predicted octanol–water partition coefficient (Wildman–Crippen LogP) is 2.33. The number of thioether (sulfide) groups is 1. The Morgan fingerprint density at radius 2 is 2.08 bits per heavy atom. The normalized spacial score (nSPS) is 18.6. The van der Waals surface area contributed by atoms with Crippen LogP contribution in [-0.2, 0) is 14.8 Å². The summed E-state index contributed by atoms with van der Waals surface area (Å²) >= 11 is 1.56. The van der Waals surface area contributed by atoms with Crippen LogP contribution in [0.5, 0.6) is 0 Å². The third-order valence-electron chi connectivity index (χ3n) is 4.22. The van der Waals surface area contributed by atoms with Gasteiger partial charge in [-0.05, 0) is 44.7 Å². The van der Waals surface area contributed by atoms with Gasteiger partial charge in [-0.25, -0.2) is 13.1 Å². The Bertz CT molecular complexity index is 689. The minimum Gasteiger partial charge on any atom is -0.338 e. The van der Waals surface area contributed by atoms with E-state index in [1.165, 1.54) is 11.1 Å². The summed E-state index contributed by atoms with van der Waals surface area (Å²) in [6.45, 7) is 5.11. The third-order valence-corrected chi connectivity index (χ3v) is 6.06. The van der Waals surface area contributed by atoms with Gasteiger partial charge in [0.2, 0.25) is 15.9 Å². The highest BCUT2D eigenvalue weighted by Crippen LogP contribution is 2.25. The van der Waals surface area contributed by atoms with Crippen molar-refractivity contribution in [2.75, 3.05) is 25.1 Å². The minimum absolute atomic E-state index is 0.0415. The first-order chi connectivity index (χ1) is 11.3. The van der Waals surface area contributed by atoms with Crippen molar-refractivity contribution in [2.45, 2.75) is 44.0 Å². The fourth-order valence-electron chi connectivity index (χ4n) is 2.87. The van der Waals surface area contributed by atoms with Crippen molar-refractivity contribution in [3.8, 4) is 0 Å². The molecule has 0 saturated carbocycles. The SMILES string of the molecule is Cc1ccc(C)c(SCC(=O)N2CCCCC2CNS(C)(=O)=O)c1. The molecule has 0 spiro atoms. The number of rotatable bonds is 6. The standard InChI is InChI=1S/C17H26N2O3S2/c1-13-7-8-14(2)16(10-13)23-12-17(20)19-9-5-4-6-15(19)11-18-24(3,21)22/h7-8,10,15,18H,4-6,9,11-12H2,1-3H3. The molecule has 24 heavy (non-hydrogen) atoms. The van der Waals surface area contributed by atoms with Crippen LogP contribution < -0.4 is 4.72 Å². The van der Waals surface area contributed by atoms with Gasteiger partial charge in [0.05, 0.1) is 12.0 Å². The van der Waals surface area contributed by atoms with Crippen molar-refractivity contribution in [1.82, 2.24) is 9.62 Å². The molecule has 0 radical (unpaired) electrons. The van der Waals surface area contributed by atoms with Crippen molar-refractivity contribution >= 4 is 27.7 Å². The van der Waals surface area contributed by atoms with Gasteiger partial charge in [0.25, 0.3) is 0 Å². The molecule has 1 heterocycles. The number of carbonyl (C=O) groups excluding carboxylic acids is 1. The molecule has 134 valence electrons. The zero-order chi connectivity index (χ0) is 17.7. The number of benzene rings is 1. The van der Waals surface area contributed by atoms with Crippen LogP contribution in [0.15, 0.2) is 23.1 Å². The Kier molecular flexibility index (Phi) is 6.71. The second kappa shape index (κ2) is 8.36. The van der Waals surface area contributed by atoms with Gasteiger partial charge in [0, 0.05) is 24.0 Å². The second-order valence-corrected chi connectivity index (χ2v) is 9.27. The van der Waals surface area contributed by atoms with Crippen LogP contribution in [0.4, 0.5) is 0 Å².